The van der Waals surface area contributed by atoms with Crippen molar-refractivity contribution in [3.63, 3.8) is 0 Å². The summed E-state index contributed by atoms with van der Waals surface area (Å²) in [5.41, 5.74) is -2.33. The Hall–Kier alpha value is -0.360. The molecule has 0 saturated heterocycles. The number of aliphatic carboxylic acids is 2. The summed E-state index contributed by atoms with van der Waals surface area (Å²) < 4.78 is 0. The Balaban J connectivity index is 0. The van der Waals surface area contributed by atoms with Gasteiger partial charge in [-0.1, -0.05) is 0 Å². The number of carboxylic acid groups (broad SMARTS) is 2. The van der Waals surface area contributed by atoms with Crippen molar-refractivity contribution >= 4 is 11.9 Å². The number of rotatable bonds is 3. The Bertz CT molecular complexity index is 164. The average Bonchev–Trinajstić information content (AvgIpc) is 1.60. The van der Waals surface area contributed by atoms with Crippen molar-refractivity contribution in [1.82, 2.24) is 0 Å². The van der Waals surface area contributed by atoms with Gasteiger partial charge in [0.25, 0.3) is 0 Å². The van der Waals surface area contributed by atoms with Gasteiger partial charge in [-0.3, -0.25) is 0 Å². The van der Waals surface area contributed by atoms with Crippen LogP contribution in [0.15, 0.2) is 0 Å². The third kappa shape index (κ3) is 4.97. The van der Waals surface area contributed by atoms with Crippen molar-refractivity contribution in [2.75, 3.05) is 0 Å². The molecule has 0 aromatic carbocycles. The molecule has 1 radical (unpaired) electrons. The van der Waals surface area contributed by atoms with Gasteiger partial charge in [0.2, 0.25) is 0 Å². The summed E-state index contributed by atoms with van der Waals surface area (Å²) in [7, 11) is 0. The maximum Gasteiger partial charge on any atom is 2.00 e. The molecule has 1 atom stereocenters. The maximum absolute atomic E-state index is 9.90. The molecule has 67 valence electrons. The molecule has 0 spiro atoms. The van der Waals surface area contributed by atoms with Crippen molar-refractivity contribution in [1.29, 1.82) is 0 Å². The van der Waals surface area contributed by atoms with E-state index in [9.17, 15) is 19.8 Å². The largest absolute Gasteiger partial charge is 2.00 e. The minimum atomic E-state index is -2.33. The molecule has 0 amide bonds. The normalized spacial score (nSPS) is 14.4. The van der Waals surface area contributed by atoms with Crippen LogP contribution in [0.1, 0.15) is 13.3 Å². The van der Waals surface area contributed by atoms with E-state index in [0.717, 1.165) is 6.92 Å². The summed E-state index contributed by atoms with van der Waals surface area (Å²) >= 11 is 0. The Kier molecular flexibility index (Phi) is 5.42. The predicted molar refractivity (Wildman–Crippen MR) is 25.3 cm³/mol. The van der Waals surface area contributed by atoms with Crippen LogP contribution >= 0.6 is 0 Å². The van der Waals surface area contributed by atoms with E-state index >= 15 is 0 Å². The first-order chi connectivity index (χ1) is 4.36. The second kappa shape index (κ2) is 4.50. The van der Waals surface area contributed by atoms with Gasteiger partial charge in [-0.15, -0.1) is 0 Å². The van der Waals surface area contributed by atoms with Gasteiger partial charge in [0.05, 0.1) is 5.97 Å². The number of carbonyl (C=O) groups excluding carboxylic acids is 2. The Morgan fingerprint density at radius 2 is 1.82 bits per heavy atom. The fourth-order valence-electron chi connectivity index (χ4n) is 0.353. The van der Waals surface area contributed by atoms with Gasteiger partial charge < -0.3 is 24.9 Å². The molecular weight excluding hydrogens is 248 g/mol. The molecule has 0 aliphatic carbocycles. The first-order valence-electron chi connectivity index (χ1n) is 2.50. The third-order valence-electron chi connectivity index (χ3n) is 0.928. The summed E-state index contributed by atoms with van der Waals surface area (Å²) in [5, 5.41) is 28.3. The summed E-state index contributed by atoms with van der Waals surface area (Å²) in [4.78, 5) is 19.7. The zero-order valence-electron chi connectivity index (χ0n) is 5.59. The molecule has 0 heterocycles. The molecule has 0 rings (SSSR count). The fourth-order valence-corrected chi connectivity index (χ4v) is 0.353. The SMILES string of the molecule is CC(O)(CC(=O)[O-])C(=O)[O-].[Ag+2]. The molecule has 0 aliphatic rings. The molecule has 0 fully saturated rings. The minimum Gasteiger partial charge on any atom is -0.550 e. The predicted octanol–water partition coefficient (Wildman–Crippen LogP) is -3.38. The first kappa shape index (κ1) is 13.2. The van der Waals surface area contributed by atoms with Crippen LogP contribution in [0.2, 0.25) is 0 Å². The van der Waals surface area contributed by atoms with Gasteiger partial charge in [-0.25, -0.2) is 0 Å². The summed E-state index contributed by atoms with van der Waals surface area (Å²) in [5.74, 6) is -3.45. The zero-order chi connectivity index (χ0) is 8.36. The molecule has 0 aliphatic heterocycles. The van der Waals surface area contributed by atoms with Crippen molar-refractivity contribution < 1.29 is 47.3 Å². The molecule has 0 bridgehead atoms. The van der Waals surface area contributed by atoms with Crippen molar-refractivity contribution in [3.8, 4) is 0 Å². The van der Waals surface area contributed by atoms with Crippen LogP contribution in [-0.2, 0) is 32.0 Å². The van der Waals surface area contributed by atoms with Crippen molar-refractivity contribution in [2.24, 2.45) is 0 Å². The maximum atomic E-state index is 9.90. The van der Waals surface area contributed by atoms with Crippen molar-refractivity contribution in [3.05, 3.63) is 0 Å². The van der Waals surface area contributed by atoms with E-state index in [-0.39, 0.29) is 22.4 Å². The summed E-state index contributed by atoms with van der Waals surface area (Å²) in [6.07, 6.45) is -0.963. The van der Waals surface area contributed by atoms with Crippen LogP contribution in [0.3, 0.4) is 0 Å². The van der Waals surface area contributed by atoms with Crippen LogP contribution in [0.4, 0.5) is 0 Å². The molecule has 5 nitrogen and oxygen atoms in total. The smallest absolute Gasteiger partial charge is 0.550 e. The first-order valence-corrected chi connectivity index (χ1v) is 2.50. The van der Waals surface area contributed by atoms with Gasteiger partial charge in [-0.2, -0.15) is 0 Å². The van der Waals surface area contributed by atoms with Crippen LogP contribution in [0.25, 0.3) is 0 Å². The number of carbonyl (C=O) groups is 2. The number of hydrogen-bond donors (Lipinski definition) is 1. The molecule has 11 heavy (non-hydrogen) atoms. The van der Waals surface area contributed by atoms with Gasteiger partial charge in [0, 0.05) is 12.4 Å². The Morgan fingerprint density at radius 1 is 1.45 bits per heavy atom. The zero-order valence-corrected chi connectivity index (χ0v) is 7.07. The van der Waals surface area contributed by atoms with E-state index in [2.05, 4.69) is 0 Å². The van der Waals surface area contributed by atoms with E-state index in [1.54, 1.807) is 0 Å². The van der Waals surface area contributed by atoms with E-state index < -0.39 is 24.0 Å². The van der Waals surface area contributed by atoms with E-state index in [4.69, 9.17) is 5.11 Å². The molecule has 0 saturated carbocycles. The molecule has 1 unspecified atom stereocenters. The van der Waals surface area contributed by atoms with Gasteiger partial charge in [-0.05, 0) is 6.92 Å². The topological polar surface area (TPSA) is 100 Å². The summed E-state index contributed by atoms with van der Waals surface area (Å²) in [6.45, 7) is 0.831. The molecule has 6 heteroatoms. The molecule has 1 N–H and O–H groups in total. The fraction of sp³-hybridized carbons (Fsp3) is 0.600. The number of hydrogen-bond acceptors (Lipinski definition) is 5. The Morgan fingerprint density at radius 3 is 1.91 bits per heavy atom. The summed E-state index contributed by atoms with van der Waals surface area (Å²) in [6, 6.07) is 0. The van der Waals surface area contributed by atoms with E-state index in [0.29, 0.717) is 0 Å². The van der Waals surface area contributed by atoms with Crippen LogP contribution in [0.5, 0.6) is 0 Å². The minimum absolute atomic E-state index is 0. The van der Waals surface area contributed by atoms with E-state index in [1.165, 1.54) is 0 Å². The molecule has 0 aromatic rings. The molecular formula is C5H6AgO5. The number of carboxylic acids is 2. The second-order valence-corrected chi connectivity index (χ2v) is 2.11. The van der Waals surface area contributed by atoms with Crippen molar-refractivity contribution in [2.45, 2.75) is 18.9 Å². The second-order valence-electron chi connectivity index (χ2n) is 2.11. The van der Waals surface area contributed by atoms with Crippen LogP contribution < -0.4 is 10.2 Å². The van der Waals surface area contributed by atoms with Crippen LogP contribution in [-0.4, -0.2) is 22.6 Å². The average molecular weight is 254 g/mol. The number of aliphatic hydroxyl groups is 1. The van der Waals surface area contributed by atoms with Gasteiger partial charge in [0.1, 0.15) is 5.60 Å². The van der Waals surface area contributed by atoms with Gasteiger partial charge in [0.15, 0.2) is 0 Å². The standard InChI is InChI=1S/C5H8O5.Ag/c1-5(10,4(8)9)2-3(6)7;/h10H,2H2,1H3,(H,6,7)(H,8,9);/q;+2/p-2. The van der Waals surface area contributed by atoms with E-state index in [1.807, 2.05) is 0 Å². The van der Waals surface area contributed by atoms with Gasteiger partial charge >= 0.3 is 22.4 Å². The third-order valence-corrected chi connectivity index (χ3v) is 0.928. The quantitative estimate of drug-likeness (QED) is 0.529. The van der Waals surface area contributed by atoms with Crippen LogP contribution in [0, 0.1) is 0 Å². The monoisotopic (exact) mass is 253 g/mol. The molecule has 0 aromatic heterocycles. The Labute approximate surface area is 78.5 Å².